The Kier molecular flexibility index (Phi) is 5.93. The number of anilines is 1. The second-order valence-electron chi connectivity index (χ2n) is 7.71. The second kappa shape index (κ2) is 8.22. The topological polar surface area (TPSA) is 84.4 Å². The van der Waals surface area contributed by atoms with Crippen LogP contribution in [0.4, 0.5) is 14.3 Å². The van der Waals surface area contributed by atoms with Crippen LogP contribution in [-0.2, 0) is 16.0 Å². The van der Waals surface area contributed by atoms with E-state index in [1.807, 2.05) is 26.8 Å². The monoisotopic (exact) mass is 406 g/mol. The Hall–Kier alpha value is -2.55. The van der Waals surface area contributed by atoms with Gasteiger partial charge in [0.05, 0.1) is 5.92 Å². The van der Waals surface area contributed by atoms with E-state index in [1.54, 1.807) is 11.0 Å². The molecule has 1 fully saturated rings. The lowest BCUT2D eigenvalue weighted by Gasteiger charge is -2.24. The molecule has 1 N–H and O–H groups in total. The Labute approximate surface area is 166 Å². The predicted molar refractivity (Wildman–Crippen MR) is 104 cm³/mol. The van der Waals surface area contributed by atoms with Crippen LogP contribution in [0.2, 0.25) is 0 Å². The molecule has 0 bridgehead atoms. The molecule has 1 aromatic carbocycles. The van der Waals surface area contributed by atoms with Gasteiger partial charge in [-0.25, -0.2) is 9.18 Å². The molecule has 150 valence electrons. The summed E-state index contributed by atoms with van der Waals surface area (Å²) < 4.78 is 18.6. The standard InChI is InChI=1S/C19H23FN4O3S/c1-19(2,3)27-18(26)24-8-7-13(11-24)16(25)21-17-23-22-15(28-17)10-12-5-4-6-14(20)9-12/h4-6,9,13H,7-8,10-11H2,1-3H3,(H,21,23,25). The first kappa shape index (κ1) is 20.2. The average molecular weight is 406 g/mol. The van der Waals surface area contributed by atoms with Crippen LogP contribution in [0.1, 0.15) is 37.8 Å². The van der Waals surface area contributed by atoms with Gasteiger partial charge in [-0.2, -0.15) is 0 Å². The van der Waals surface area contributed by atoms with Crippen molar-refractivity contribution in [2.24, 2.45) is 5.92 Å². The molecule has 0 saturated carbocycles. The van der Waals surface area contributed by atoms with Gasteiger partial charge in [-0.1, -0.05) is 23.5 Å². The lowest BCUT2D eigenvalue weighted by atomic mass is 10.1. The van der Waals surface area contributed by atoms with Crippen molar-refractivity contribution < 1.29 is 18.7 Å². The quantitative estimate of drug-likeness (QED) is 0.841. The molecule has 2 amide bonds. The smallest absolute Gasteiger partial charge is 0.410 e. The third kappa shape index (κ3) is 5.48. The van der Waals surface area contributed by atoms with Crippen molar-refractivity contribution in [2.75, 3.05) is 18.4 Å². The van der Waals surface area contributed by atoms with Gasteiger partial charge in [-0.15, -0.1) is 10.2 Å². The summed E-state index contributed by atoms with van der Waals surface area (Å²) in [5, 5.41) is 11.9. The molecule has 3 rings (SSSR count). The number of aromatic nitrogens is 2. The number of rotatable bonds is 4. The summed E-state index contributed by atoms with van der Waals surface area (Å²) in [6, 6.07) is 6.29. The number of hydrogen-bond acceptors (Lipinski definition) is 6. The van der Waals surface area contributed by atoms with Crippen molar-refractivity contribution in [3.8, 4) is 0 Å². The number of amides is 2. The van der Waals surface area contributed by atoms with E-state index >= 15 is 0 Å². The van der Waals surface area contributed by atoms with E-state index in [0.717, 1.165) is 5.56 Å². The van der Waals surface area contributed by atoms with Crippen LogP contribution in [0, 0.1) is 11.7 Å². The van der Waals surface area contributed by atoms with Gasteiger partial charge in [0.15, 0.2) is 0 Å². The van der Waals surface area contributed by atoms with Gasteiger partial charge in [0, 0.05) is 19.5 Å². The molecule has 1 saturated heterocycles. The summed E-state index contributed by atoms with van der Waals surface area (Å²) in [5.41, 5.74) is 0.222. The van der Waals surface area contributed by atoms with Crippen molar-refractivity contribution in [3.63, 3.8) is 0 Å². The fourth-order valence-corrected chi connectivity index (χ4v) is 3.65. The zero-order valence-electron chi connectivity index (χ0n) is 16.1. The van der Waals surface area contributed by atoms with Crippen LogP contribution >= 0.6 is 11.3 Å². The summed E-state index contributed by atoms with van der Waals surface area (Å²) in [6.07, 6.45) is 0.609. The minimum absolute atomic E-state index is 0.195. The molecule has 0 aliphatic carbocycles. The van der Waals surface area contributed by atoms with Crippen molar-refractivity contribution in [1.82, 2.24) is 15.1 Å². The molecule has 1 aromatic heterocycles. The van der Waals surface area contributed by atoms with Gasteiger partial charge in [-0.05, 0) is 44.9 Å². The molecule has 1 aliphatic rings. The van der Waals surface area contributed by atoms with Crippen molar-refractivity contribution >= 4 is 28.5 Å². The van der Waals surface area contributed by atoms with Crippen LogP contribution in [0.15, 0.2) is 24.3 Å². The highest BCUT2D eigenvalue weighted by atomic mass is 32.1. The maximum atomic E-state index is 13.3. The van der Waals surface area contributed by atoms with E-state index in [-0.39, 0.29) is 17.6 Å². The number of likely N-dealkylation sites (tertiary alicyclic amines) is 1. The summed E-state index contributed by atoms with van der Waals surface area (Å²) in [4.78, 5) is 26.1. The van der Waals surface area contributed by atoms with Gasteiger partial charge in [0.1, 0.15) is 16.4 Å². The number of carbonyl (C=O) groups excluding carboxylic acids is 2. The number of benzene rings is 1. The molecular weight excluding hydrogens is 383 g/mol. The Morgan fingerprint density at radius 2 is 2.14 bits per heavy atom. The highest BCUT2D eigenvalue weighted by Gasteiger charge is 2.33. The molecule has 1 unspecified atom stereocenters. The normalized spacial score (nSPS) is 16.9. The molecule has 9 heteroatoms. The first-order chi connectivity index (χ1) is 13.2. The van der Waals surface area contributed by atoms with Crippen LogP contribution in [0.25, 0.3) is 0 Å². The van der Waals surface area contributed by atoms with E-state index < -0.39 is 11.7 Å². The zero-order valence-corrected chi connectivity index (χ0v) is 16.9. The third-order valence-corrected chi connectivity index (χ3v) is 4.99. The first-order valence-electron chi connectivity index (χ1n) is 9.05. The molecule has 7 nitrogen and oxygen atoms in total. The van der Waals surface area contributed by atoms with E-state index in [4.69, 9.17) is 4.74 Å². The average Bonchev–Trinajstić information content (AvgIpc) is 3.23. The van der Waals surface area contributed by atoms with Crippen LogP contribution in [-0.4, -0.2) is 45.8 Å². The molecule has 28 heavy (non-hydrogen) atoms. The number of nitrogens with one attached hydrogen (secondary N) is 1. The summed E-state index contributed by atoms with van der Waals surface area (Å²) in [7, 11) is 0. The minimum atomic E-state index is -0.567. The van der Waals surface area contributed by atoms with Crippen molar-refractivity contribution in [2.45, 2.75) is 39.2 Å². The van der Waals surface area contributed by atoms with Crippen molar-refractivity contribution in [1.29, 1.82) is 0 Å². The van der Waals surface area contributed by atoms with E-state index in [2.05, 4.69) is 15.5 Å². The fraction of sp³-hybridized carbons (Fsp3) is 0.474. The Morgan fingerprint density at radius 1 is 1.36 bits per heavy atom. The Morgan fingerprint density at radius 3 is 2.86 bits per heavy atom. The SMILES string of the molecule is CC(C)(C)OC(=O)N1CCC(C(=O)Nc2nnc(Cc3cccc(F)c3)s2)C1. The predicted octanol–water partition coefficient (Wildman–Crippen LogP) is 3.46. The molecule has 0 radical (unpaired) electrons. The first-order valence-corrected chi connectivity index (χ1v) is 9.87. The highest BCUT2D eigenvalue weighted by molar-refractivity contribution is 7.15. The Bertz CT molecular complexity index is 865. The number of hydrogen-bond donors (Lipinski definition) is 1. The van der Waals surface area contributed by atoms with Crippen LogP contribution in [0.5, 0.6) is 0 Å². The van der Waals surface area contributed by atoms with Gasteiger partial charge in [0.25, 0.3) is 0 Å². The molecule has 1 atom stereocenters. The lowest BCUT2D eigenvalue weighted by Crippen LogP contribution is -2.36. The molecule has 2 aromatic rings. The van der Waals surface area contributed by atoms with Gasteiger partial charge in [-0.3, -0.25) is 4.79 Å². The highest BCUT2D eigenvalue weighted by Crippen LogP contribution is 2.23. The van der Waals surface area contributed by atoms with Gasteiger partial charge >= 0.3 is 6.09 Å². The largest absolute Gasteiger partial charge is 0.444 e. The van der Waals surface area contributed by atoms with E-state index in [0.29, 0.717) is 36.1 Å². The molecule has 2 heterocycles. The number of carbonyl (C=O) groups is 2. The maximum Gasteiger partial charge on any atom is 0.410 e. The summed E-state index contributed by atoms with van der Waals surface area (Å²) in [6.45, 7) is 6.22. The maximum absolute atomic E-state index is 13.3. The molecular formula is C19H23FN4O3S. The molecule has 0 spiro atoms. The Balaban J connectivity index is 1.53. The summed E-state index contributed by atoms with van der Waals surface area (Å²) in [5.74, 6) is -0.811. The number of halogens is 1. The second-order valence-corrected chi connectivity index (χ2v) is 8.77. The van der Waals surface area contributed by atoms with Gasteiger partial charge in [0.2, 0.25) is 11.0 Å². The molecule has 1 aliphatic heterocycles. The minimum Gasteiger partial charge on any atom is -0.444 e. The number of nitrogens with zero attached hydrogens (tertiary/aromatic N) is 3. The van der Waals surface area contributed by atoms with Crippen LogP contribution in [0.3, 0.4) is 0 Å². The van der Waals surface area contributed by atoms with Crippen LogP contribution < -0.4 is 5.32 Å². The zero-order chi connectivity index (χ0) is 20.3. The summed E-state index contributed by atoms with van der Waals surface area (Å²) >= 11 is 1.25. The van der Waals surface area contributed by atoms with Crippen molar-refractivity contribution in [3.05, 3.63) is 40.7 Å². The van der Waals surface area contributed by atoms with E-state index in [1.165, 1.54) is 23.5 Å². The van der Waals surface area contributed by atoms with Gasteiger partial charge < -0.3 is 15.0 Å². The third-order valence-electron chi connectivity index (χ3n) is 4.15. The number of ether oxygens (including phenoxy) is 1. The fourth-order valence-electron chi connectivity index (χ4n) is 2.87. The lowest BCUT2D eigenvalue weighted by molar-refractivity contribution is -0.119. The van der Waals surface area contributed by atoms with E-state index in [9.17, 15) is 14.0 Å².